The molecule has 1 aromatic heterocycles. The zero-order chi connectivity index (χ0) is 25.9. The van der Waals surface area contributed by atoms with Crippen molar-refractivity contribution in [3.05, 3.63) is 59.0 Å². The number of methoxy groups -OCH3 is 1. The first-order valence-electron chi connectivity index (χ1n) is 13.0. The van der Waals surface area contributed by atoms with Crippen molar-refractivity contribution in [2.24, 2.45) is 0 Å². The molecular weight excluding hydrogens is 470 g/mol. The number of hydrogen-bond acceptors (Lipinski definition) is 7. The Kier molecular flexibility index (Phi) is 7.50. The summed E-state index contributed by atoms with van der Waals surface area (Å²) in [5, 5.41) is 20.3. The van der Waals surface area contributed by atoms with Gasteiger partial charge in [0, 0.05) is 61.4 Å². The van der Waals surface area contributed by atoms with E-state index in [-0.39, 0.29) is 29.5 Å². The molecule has 8 nitrogen and oxygen atoms in total. The molecule has 196 valence electrons. The van der Waals surface area contributed by atoms with Gasteiger partial charge in [0.15, 0.2) is 5.76 Å². The molecule has 2 aromatic carbocycles. The fraction of sp³-hybridized carbons (Fsp3) is 0.414. The summed E-state index contributed by atoms with van der Waals surface area (Å²) in [5.41, 5.74) is 3.29. The Bertz CT molecular complexity index is 1320. The van der Waals surface area contributed by atoms with Gasteiger partial charge in [-0.3, -0.25) is 9.69 Å². The maximum Gasteiger partial charge on any atom is 0.235 e. The number of phenolic OH excluding ortho intramolecular Hbond substituents is 1. The van der Waals surface area contributed by atoms with Gasteiger partial charge in [0.1, 0.15) is 22.8 Å². The molecule has 2 N–H and O–H groups in total. The SMILES string of the molecule is COc1ccc2c(c1)c(C=C1Oc3cccc(O)c3C1=O)c(C)n2CCCCN1CCN(CCO)CC1. The lowest BCUT2D eigenvalue weighted by Crippen LogP contribution is -2.47. The van der Waals surface area contributed by atoms with Crippen molar-refractivity contribution in [2.75, 3.05) is 53.0 Å². The highest BCUT2D eigenvalue weighted by molar-refractivity contribution is 6.16. The normalized spacial score (nSPS) is 17.5. The lowest BCUT2D eigenvalue weighted by Gasteiger charge is -2.34. The van der Waals surface area contributed by atoms with Crippen molar-refractivity contribution >= 4 is 22.8 Å². The van der Waals surface area contributed by atoms with Crippen molar-refractivity contribution < 1.29 is 24.5 Å². The number of piperazine rings is 1. The van der Waals surface area contributed by atoms with Crippen LogP contribution in [0.5, 0.6) is 17.2 Å². The number of ketones is 1. The number of aromatic hydroxyl groups is 1. The summed E-state index contributed by atoms with van der Waals surface area (Å²) in [4.78, 5) is 17.8. The molecule has 0 saturated carbocycles. The van der Waals surface area contributed by atoms with Gasteiger partial charge >= 0.3 is 0 Å². The van der Waals surface area contributed by atoms with Crippen LogP contribution < -0.4 is 9.47 Å². The van der Waals surface area contributed by atoms with Crippen LogP contribution in [-0.4, -0.2) is 83.3 Å². The molecule has 0 unspecified atom stereocenters. The summed E-state index contributed by atoms with van der Waals surface area (Å²) in [6.07, 6.45) is 3.93. The molecule has 5 rings (SSSR count). The molecule has 37 heavy (non-hydrogen) atoms. The van der Waals surface area contributed by atoms with E-state index < -0.39 is 0 Å². The molecule has 0 amide bonds. The summed E-state index contributed by atoms with van der Waals surface area (Å²) < 4.78 is 13.6. The van der Waals surface area contributed by atoms with Gasteiger partial charge in [-0.1, -0.05) is 6.07 Å². The highest BCUT2D eigenvalue weighted by Crippen LogP contribution is 2.39. The first-order chi connectivity index (χ1) is 18.0. The van der Waals surface area contributed by atoms with Gasteiger partial charge in [-0.25, -0.2) is 0 Å². The van der Waals surface area contributed by atoms with Gasteiger partial charge < -0.3 is 29.2 Å². The van der Waals surface area contributed by atoms with Crippen LogP contribution in [0.3, 0.4) is 0 Å². The number of hydrogen-bond donors (Lipinski definition) is 2. The van der Waals surface area contributed by atoms with Crippen molar-refractivity contribution in [3.63, 3.8) is 0 Å². The summed E-state index contributed by atoms with van der Waals surface area (Å²) in [5.74, 6) is 0.968. The van der Waals surface area contributed by atoms with Gasteiger partial charge in [-0.05, 0) is 62.7 Å². The second-order valence-corrected chi connectivity index (χ2v) is 9.74. The fourth-order valence-corrected chi connectivity index (χ4v) is 5.41. The second kappa shape index (κ2) is 11.0. The van der Waals surface area contributed by atoms with Gasteiger partial charge in [0.05, 0.1) is 13.7 Å². The number of aryl methyl sites for hydroxylation is 1. The Hall–Kier alpha value is -3.33. The molecule has 3 aromatic rings. The zero-order valence-electron chi connectivity index (χ0n) is 21.6. The molecule has 8 heteroatoms. The fourth-order valence-electron chi connectivity index (χ4n) is 5.41. The lowest BCUT2D eigenvalue weighted by molar-refractivity contribution is 0.101. The number of phenols is 1. The topological polar surface area (TPSA) is 87.4 Å². The summed E-state index contributed by atoms with van der Waals surface area (Å²) >= 11 is 0. The Morgan fingerprint density at radius 2 is 1.76 bits per heavy atom. The van der Waals surface area contributed by atoms with Crippen LogP contribution in [0.25, 0.3) is 17.0 Å². The van der Waals surface area contributed by atoms with E-state index in [4.69, 9.17) is 14.6 Å². The first-order valence-corrected chi connectivity index (χ1v) is 13.0. The van der Waals surface area contributed by atoms with Crippen molar-refractivity contribution in [2.45, 2.75) is 26.3 Å². The predicted octanol–water partition coefficient (Wildman–Crippen LogP) is 3.67. The first kappa shape index (κ1) is 25.3. The van der Waals surface area contributed by atoms with Crippen molar-refractivity contribution in [3.8, 4) is 17.2 Å². The number of ether oxygens (including phenoxy) is 2. The maximum absolute atomic E-state index is 13.0. The number of β-amino-alcohol motifs (C(OH)–C–C–N with tert-alkyl or cyclic N) is 1. The number of carbonyl (C=O) groups is 1. The monoisotopic (exact) mass is 505 g/mol. The van der Waals surface area contributed by atoms with E-state index in [2.05, 4.69) is 27.4 Å². The van der Waals surface area contributed by atoms with Gasteiger partial charge in [-0.2, -0.15) is 0 Å². The maximum atomic E-state index is 13.0. The van der Waals surface area contributed by atoms with Crippen LogP contribution in [0.1, 0.15) is 34.5 Å². The minimum Gasteiger partial charge on any atom is -0.507 e. The summed E-state index contributed by atoms with van der Waals surface area (Å²) in [6, 6.07) is 10.9. The molecule has 0 atom stereocenters. The van der Waals surface area contributed by atoms with E-state index in [1.807, 2.05) is 12.1 Å². The van der Waals surface area contributed by atoms with Crippen LogP contribution in [0.2, 0.25) is 0 Å². The highest BCUT2D eigenvalue weighted by Gasteiger charge is 2.31. The Morgan fingerprint density at radius 1 is 1.03 bits per heavy atom. The molecule has 0 aliphatic carbocycles. The number of aliphatic hydroxyl groups excluding tert-OH is 1. The average molecular weight is 506 g/mol. The molecule has 0 spiro atoms. The van der Waals surface area contributed by atoms with Gasteiger partial charge in [0.25, 0.3) is 0 Å². The van der Waals surface area contributed by atoms with E-state index in [0.29, 0.717) is 5.75 Å². The van der Waals surface area contributed by atoms with Gasteiger partial charge in [0.2, 0.25) is 5.78 Å². The number of allylic oxidation sites excluding steroid dienone is 1. The summed E-state index contributed by atoms with van der Waals surface area (Å²) in [7, 11) is 1.65. The second-order valence-electron chi connectivity index (χ2n) is 9.74. The molecule has 0 radical (unpaired) electrons. The zero-order valence-corrected chi connectivity index (χ0v) is 21.6. The standard InChI is InChI=1S/C29H35N3O5/c1-20-22(19-27-29(35)28-25(34)6-5-7-26(28)37-27)23-18-21(36-2)8-9-24(23)32(20)11-4-3-10-30-12-14-31(15-13-30)16-17-33/h5-9,18-19,33-34H,3-4,10-17H2,1-2H3. The third kappa shape index (κ3) is 5.09. The minimum absolute atomic E-state index is 0.0680. The Balaban J connectivity index is 1.34. The Labute approximate surface area is 217 Å². The number of Topliss-reactive ketones (excluding diaryl/α,β-unsaturated/α-hetero) is 1. The predicted molar refractivity (Wildman–Crippen MR) is 143 cm³/mol. The van der Waals surface area contributed by atoms with E-state index >= 15 is 0 Å². The van der Waals surface area contributed by atoms with Crippen LogP contribution in [0.4, 0.5) is 0 Å². The number of unbranched alkanes of at least 4 members (excludes halogenated alkanes) is 1. The van der Waals surface area contributed by atoms with Gasteiger partial charge in [-0.15, -0.1) is 0 Å². The number of nitrogens with zero attached hydrogens (tertiary/aromatic N) is 3. The minimum atomic E-state index is -0.310. The van der Waals surface area contributed by atoms with E-state index in [0.717, 1.165) is 86.6 Å². The van der Waals surface area contributed by atoms with Crippen LogP contribution in [-0.2, 0) is 6.54 Å². The third-order valence-electron chi connectivity index (χ3n) is 7.52. The quantitative estimate of drug-likeness (QED) is 0.339. The smallest absolute Gasteiger partial charge is 0.235 e. The van der Waals surface area contributed by atoms with Crippen LogP contribution >= 0.6 is 0 Å². The summed E-state index contributed by atoms with van der Waals surface area (Å²) in [6.45, 7) is 9.14. The molecule has 1 fully saturated rings. The molecule has 2 aliphatic heterocycles. The van der Waals surface area contributed by atoms with E-state index in [1.165, 1.54) is 6.07 Å². The number of rotatable bonds is 9. The van der Waals surface area contributed by atoms with E-state index in [9.17, 15) is 9.90 Å². The number of carbonyl (C=O) groups excluding carboxylic acids is 1. The number of aliphatic hydroxyl groups is 1. The van der Waals surface area contributed by atoms with Crippen molar-refractivity contribution in [1.29, 1.82) is 0 Å². The largest absolute Gasteiger partial charge is 0.507 e. The average Bonchev–Trinajstić information content (AvgIpc) is 3.36. The molecule has 1 saturated heterocycles. The van der Waals surface area contributed by atoms with Crippen LogP contribution in [0, 0.1) is 6.92 Å². The molecule has 0 bridgehead atoms. The van der Waals surface area contributed by atoms with Crippen LogP contribution in [0.15, 0.2) is 42.2 Å². The highest BCUT2D eigenvalue weighted by atomic mass is 16.5. The molecule has 2 aliphatic rings. The third-order valence-corrected chi connectivity index (χ3v) is 7.52. The number of fused-ring (bicyclic) bond motifs is 2. The Morgan fingerprint density at radius 3 is 2.46 bits per heavy atom. The molecular formula is C29H35N3O5. The van der Waals surface area contributed by atoms with E-state index in [1.54, 1.807) is 25.3 Å². The van der Waals surface area contributed by atoms with Crippen molar-refractivity contribution in [1.82, 2.24) is 14.4 Å². The number of benzene rings is 2. The lowest BCUT2D eigenvalue weighted by atomic mass is 10.1. The number of aromatic nitrogens is 1. The molecule has 3 heterocycles.